The van der Waals surface area contributed by atoms with E-state index in [4.69, 9.17) is 5.73 Å². The highest BCUT2D eigenvalue weighted by Crippen LogP contribution is 2.33. The van der Waals surface area contributed by atoms with Crippen LogP contribution in [0.3, 0.4) is 0 Å². The van der Waals surface area contributed by atoms with Crippen molar-refractivity contribution >= 4 is 23.0 Å². The van der Waals surface area contributed by atoms with Crippen molar-refractivity contribution in [2.75, 3.05) is 29.5 Å². The Labute approximate surface area is 108 Å². The molecule has 19 heavy (non-hydrogen) atoms. The predicted octanol–water partition coefficient (Wildman–Crippen LogP) is 2.15. The minimum atomic E-state index is -4.29. The number of carbonyl (C=O) groups excluding carboxylic acids is 1. The van der Waals surface area contributed by atoms with Crippen LogP contribution < -0.4 is 16.0 Å². The molecule has 0 aliphatic carbocycles. The number of carbonyl (C=O) groups is 1. The van der Waals surface area contributed by atoms with Gasteiger partial charge in [0.2, 0.25) is 5.91 Å². The fraction of sp³-hybridized carbons (Fsp3) is 0.417. The van der Waals surface area contributed by atoms with E-state index in [2.05, 4.69) is 5.32 Å². The van der Waals surface area contributed by atoms with Gasteiger partial charge in [0, 0.05) is 19.2 Å². The lowest BCUT2D eigenvalue weighted by molar-refractivity contribution is -0.119. The number of rotatable bonds is 2. The van der Waals surface area contributed by atoms with Crippen molar-refractivity contribution in [1.29, 1.82) is 0 Å². The van der Waals surface area contributed by atoms with Gasteiger partial charge in [-0.3, -0.25) is 4.79 Å². The smallest absolute Gasteiger partial charge is 0.397 e. The summed E-state index contributed by atoms with van der Waals surface area (Å²) in [5.41, 5.74) is 7.68. The first kappa shape index (κ1) is 13.5. The van der Waals surface area contributed by atoms with E-state index in [-0.39, 0.29) is 11.6 Å². The number of aryl methyl sites for hydroxylation is 1. The standard InChI is InChI=1S/C12H14F3N3O/c1-18(6-12(13,14)15)10-4-7-2-3-11(19)17-9(7)5-8(10)16/h4-5H,2-3,6,16H2,1H3,(H,17,19). The van der Waals surface area contributed by atoms with Crippen LogP contribution in [0.25, 0.3) is 0 Å². The second-order valence-electron chi connectivity index (χ2n) is 4.59. The first-order valence-corrected chi connectivity index (χ1v) is 5.76. The predicted molar refractivity (Wildman–Crippen MR) is 67.1 cm³/mol. The van der Waals surface area contributed by atoms with Gasteiger partial charge in [0.05, 0.1) is 11.4 Å². The molecule has 0 atom stereocenters. The first-order chi connectivity index (χ1) is 8.76. The maximum Gasteiger partial charge on any atom is 0.405 e. The summed E-state index contributed by atoms with van der Waals surface area (Å²) < 4.78 is 37.1. The molecule has 0 aromatic heterocycles. The summed E-state index contributed by atoms with van der Waals surface area (Å²) in [4.78, 5) is 12.3. The Kier molecular flexibility index (Phi) is 3.30. The van der Waals surface area contributed by atoms with Crippen molar-refractivity contribution in [3.63, 3.8) is 0 Å². The van der Waals surface area contributed by atoms with Crippen molar-refractivity contribution in [2.24, 2.45) is 0 Å². The summed E-state index contributed by atoms with van der Waals surface area (Å²) >= 11 is 0. The van der Waals surface area contributed by atoms with Crippen molar-refractivity contribution < 1.29 is 18.0 Å². The van der Waals surface area contributed by atoms with Gasteiger partial charge < -0.3 is 16.0 Å². The van der Waals surface area contributed by atoms with Crippen molar-refractivity contribution in [2.45, 2.75) is 19.0 Å². The number of anilines is 3. The molecule has 104 valence electrons. The summed E-state index contributed by atoms with van der Waals surface area (Å²) in [6.45, 7) is -1.07. The number of benzene rings is 1. The molecule has 0 saturated heterocycles. The lowest BCUT2D eigenvalue weighted by atomic mass is 10.0. The SMILES string of the molecule is CN(CC(F)(F)F)c1cc2c(cc1N)NC(=O)CC2. The lowest BCUT2D eigenvalue weighted by Crippen LogP contribution is -2.31. The third-order valence-corrected chi connectivity index (χ3v) is 2.98. The number of fused-ring (bicyclic) bond motifs is 1. The van der Waals surface area contributed by atoms with E-state index in [0.717, 1.165) is 10.5 Å². The molecule has 1 amide bonds. The number of nitrogens with one attached hydrogen (secondary N) is 1. The molecule has 0 spiro atoms. The van der Waals surface area contributed by atoms with Crippen LogP contribution in [0.15, 0.2) is 12.1 Å². The van der Waals surface area contributed by atoms with Crippen LogP contribution in [0.1, 0.15) is 12.0 Å². The average molecular weight is 273 g/mol. The Morgan fingerprint density at radius 3 is 2.68 bits per heavy atom. The summed E-state index contributed by atoms with van der Waals surface area (Å²) in [7, 11) is 1.34. The minimum absolute atomic E-state index is 0.108. The number of nitrogen functional groups attached to an aromatic ring is 1. The minimum Gasteiger partial charge on any atom is -0.397 e. The van der Waals surface area contributed by atoms with Crippen LogP contribution in [0.4, 0.5) is 30.2 Å². The van der Waals surface area contributed by atoms with E-state index in [9.17, 15) is 18.0 Å². The third kappa shape index (κ3) is 3.10. The summed E-state index contributed by atoms with van der Waals surface area (Å²) in [5, 5.41) is 2.66. The van der Waals surface area contributed by atoms with Crippen molar-refractivity contribution in [3.8, 4) is 0 Å². The van der Waals surface area contributed by atoms with Crippen LogP contribution in [0.2, 0.25) is 0 Å². The Morgan fingerprint density at radius 2 is 2.05 bits per heavy atom. The van der Waals surface area contributed by atoms with Gasteiger partial charge >= 0.3 is 6.18 Å². The molecule has 3 N–H and O–H groups in total. The van der Waals surface area contributed by atoms with Crippen LogP contribution >= 0.6 is 0 Å². The molecule has 0 fully saturated rings. The highest BCUT2D eigenvalue weighted by molar-refractivity contribution is 5.95. The highest BCUT2D eigenvalue weighted by Gasteiger charge is 2.30. The average Bonchev–Trinajstić information content (AvgIpc) is 2.25. The van der Waals surface area contributed by atoms with Gasteiger partial charge in [-0.1, -0.05) is 0 Å². The van der Waals surface area contributed by atoms with E-state index in [1.54, 1.807) is 6.07 Å². The molecule has 1 aliphatic rings. The van der Waals surface area contributed by atoms with Gasteiger partial charge in [-0.05, 0) is 24.1 Å². The zero-order chi connectivity index (χ0) is 14.2. The third-order valence-electron chi connectivity index (χ3n) is 2.98. The molecule has 2 rings (SSSR count). The molecule has 0 saturated carbocycles. The molecular formula is C12H14F3N3O. The number of nitrogens with zero attached hydrogens (tertiary/aromatic N) is 1. The molecule has 1 aromatic rings. The van der Waals surface area contributed by atoms with Gasteiger partial charge in [0.15, 0.2) is 0 Å². The van der Waals surface area contributed by atoms with E-state index in [1.165, 1.54) is 13.1 Å². The second kappa shape index (κ2) is 4.64. The van der Waals surface area contributed by atoms with Gasteiger partial charge in [-0.2, -0.15) is 13.2 Å². The van der Waals surface area contributed by atoms with Crippen LogP contribution in [0, 0.1) is 0 Å². The number of halogens is 3. The van der Waals surface area contributed by atoms with E-state index in [1.807, 2.05) is 0 Å². The van der Waals surface area contributed by atoms with Crippen molar-refractivity contribution in [3.05, 3.63) is 17.7 Å². The summed E-state index contributed by atoms with van der Waals surface area (Å²) in [5.74, 6) is -0.108. The van der Waals surface area contributed by atoms with E-state index in [0.29, 0.717) is 24.2 Å². The Balaban J connectivity index is 2.30. The fourth-order valence-electron chi connectivity index (χ4n) is 2.12. The van der Waals surface area contributed by atoms with Crippen LogP contribution in [0.5, 0.6) is 0 Å². The largest absolute Gasteiger partial charge is 0.405 e. The Bertz CT molecular complexity index is 514. The monoisotopic (exact) mass is 273 g/mol. The van der Waals surface area contributed by atoms with Crippen LogP contribution in [-0.2, 0) is 11.2 Å². The quantitative estimate of drug-likeness (QED) is 0.812. The van der Waals surface area contributed by atoms with Crippen molar-refractivity contribution in [1.82, 2.24) is 0 Å². The number of hydrogen-bond acceptors (Lipinski definition) is 3. The van der Waals surface area contributed by atoms with Crippen LogP contribution in [-0.4, -0.2) is 25.7 Å². The van der Waals surface area contributed by atoms with E-state index >= 15 is 0 Å². The molecule has 7 heteroatoms. The number of amides is 1. The molecule has 0 bridgehead atoms. The molecule has 1 aliphatic heterocycles. The lowest BCUT2D eigenvalue weighted by Gasteiger charge is -2.25. The maximum atomic E-state index is 12.4. The van der Waals surface area contributed by atoms with Gasteiger partial charge in [0.1, 0.15) is 6.54 Å². The second-order valence-corrected chi connectivity index (χ2v) is 4.59. The van der Waals surface area contributed by atoms with E-state index < -0.39 is 12.7 Å². The number of alkyl halides is 3. The maximum absolute atomic E-state index is 12.4. The zero-order valence-corrected chi connectivity index (χ0v) is 10.3. The molecule has 1 heterocycles. The normalized spacial score (nSPS) is 14.8. The summed E-state index contributed by atoms with van der Waals surface area (Å²) in [6.07, 6.45) is -3.45. The Morgan fingerprint density at radius 1 is 1.37 bits per heavy atom. The van der Waals surface area contributed by atoms with Gasteiger partial charge in [-0.15, -0.1) is 0 Å². The van der Waals surface area contributed by atoms with Gasteiger partial charge in [-0.25, -0.2) is 0 Å². The molecule has 0 radical (unpaired) electrons. The van der Waals surface area contributed by atoms with Gasteiger partial charge in [0.25, 0.3) is 0 Å². The molecule has 0 unspecified atom stereocenters. The number of nitrogens with two attached hydrogens (primary N) is 1. The zero-order valence-electron chi connectivity index (χ0n) is 10.3. The topological polar surface area (TPSA) is 58.4 Å². The highest BCUT2D eigenvalue weighted by atomic mass is 19.4. The first-order valence-electron chi connectivity index (χ1n) is 5.76. The number of hydrogen-bond donors (Lipinski definition) is 2. The molecular weight excluding hydrogens is 259 g/mol. The molecule has 4 nitrogen and oxygen atoms in total. The molecule has 1 aromatic carbocycles. The fourth-order valence-corrected chi connectivity index (χ4v) is 2.12. The Hall–Kier alpha value is -1.92. The summed E-state index contributed by atoms with van der Waals surface area (Å²) in [6, 6.07) is 3.12.